The van der Waals surface area contributed by atoms with Crippen LogP contribution in [0.2, 0.25) is 0 Å². The first kappa shape index (κ1) is 30.0. The molecule has 0 saturated heterocycles. The quantitative estimate of drug-likeness (QED) is 0.183. The van der Waals surface area contributed by atoms with E-state index < -0.39 is 0 Å². The van der Waals surface area contributed by atoms with Crippen molar-refractivity contribution in [1.29, 1.82) is 0 Å². The predicted octanol–water partition coefficient (Wildman–Crippen LogP) is 12.5. The topological polar surface area (TPSA) is 6.48 Å². The van der Waals surface area contributed by atoms with Crippen LogP contribution in [-0.4, -0.2) is 6.04 Å². The molecule has 1 unspecified atom stereocenters. The van der Waals surface area contributed by atoms with Gasteiger partial charge in [0.1, 0.15) is 0 Å². The van der Waals surface area contributed by atoms with Gasteiger partial charge >= 0.3 is 0 Å². The summed E-state index contributed by atoms with van der Waals surface area (Å²) in [5.74, 6) is 0. The first-order valence-electron chi connectivity index (χ1n) is 18.0. The molecule has 0 N–H and O–H groups in total. The van der Waals surface area contributed by atoms with Crippen molar-refractivity contribution >= 4 is 33.5 Å². The van der Waals surface area contributed by atoms with Crippen LogP contribution in [0.25, 0.3) is 21.9 Å². The number of rotatable bonds is 6. The summed E-state index contributed by atoms with van der Waals surface area (Å²) >= 11 is 0. The molecule has 4 aliphatic carbocycles. The van der Waals surface area contributed by atoms with E-state index in [0.29, 0.717) is 0 Å². The van der Waals surface area contributed by atoms with Gasteiger partial charge in [0, 0.05) is 39.3 Å². The third kappa shape index (κ3) is 4.46. The maximum absolute atomic E-state index is 2.54. The van der Waals surface area contributed by atoms with Gasteiger partial charge in [-0.15, -0.1) is 0 Å². The molecule has 4 aliphatic rings. The van der Waals surface area contributed by atoms with Gasteiger partial charge in [-0.3, -0.25) is 0 Å². The van der Waals surface area contributed by atoms with E-state index in [-0.39, 0.29) is 16.9 Å². The molecule has 0 radical (unpaired) electrons. The number of benzene rings is 5. The van der Waals surface area contributed by atoms with Crippen molar-refractivity contribution in [3.8, 4) is 11.1 Å². The van der Waals surface area contributed by atoms with Gasteiger partial charge in [0.05, 0.1) is 6.04 Å². The number of nitrogens with zero attached hydrogens (tertiary/aromatic N) is 2. The molecule has 0 fully saturated rings. The van der Waals surface area contributed by atoms with Crippen molar-refractivity contribution in [3.05, 3.63) is 167 Å². The van der Waals surface area contributed by atoms with E-state index in [4.69, 9.17) is 0 Å². The smallest absolute Gasteiger partial charge is 0.0559 e. The van der Waals surface area contributed by atoms with E-state index in [1.54, 1.807) is 0 Å². The van der Waals surface area contributed by atoms with Crippen LogP contribution in [0.1, 0.15) is 74.8 Å². The summed E-state index contributed by atoms with van der Waals surface area (Å²) < 4.78 is 0. The molecule has 2 heteroatoms. The molecular formula is C47H44N2. The lowest BCUT2D eigenvalue weighted by molar-refractivity contribution is 0.639. The maximum atomic E-state index is 2.54. The Labute approximate surface area is 291 Å². The van der Waals surface area contributed by atoms with Crippen LogP contribution in [0.5, 0.6) is 0 Å². The fourth-order valence-corrected chi connectivity index (χ4v) is 9.12. The Hall–Kier alpha value is -5.08. The summed E-state index contributed by atoms with van der Waals surface area (Å²) in [6, 6.07) is 34.9. The molecule has 242 valence electrons. The third-order valence-electron chi connectivity index (χ3n) is 11.7. The standard InChI is InChI=1S/C47H44N2/c1-31-28-40-45-43-38(31)22-15-23-39(43)46(2,3)41-29-37(30-42(44(41)45)47(40,4)5)49(34-20-13-8-14-21-34)36-26-24-35(25-27-36)48(32-16-9-6-10-17-32)33-18-11-7-12-19-33/h6-13,15-18,20,22-30,33H,14,19,21H2,1-5H3. The molecule has 49 heavy (non-hydrogen) atoms. The van der Waals surface area contributed by atoms with Crippen LogP contribution >= 0.6 is 0 Å². The summed E-state index contributed by atoms with van der Waals surface area (Å²) in [7, 11) is 0. The first-order chi connectivity index (χ1) is 23.7. The minimum absolute atomic E-state index is 0.101. The van der Waals surface area contributed by atoms with Crippen LogP contribution in [0.15, 0.2) is 139 Å². The lowest BCUT2D eigenvalue weighted by atomic mass is 9.68. The highest BCUT2D eigenvalue weighted by Gasteiger charge is 2.45. The van der Waals surface area contributed by atoms with Crippen LogP contribution in [0.4, 0.5) is 22.7 Å². The SMILES string of the molecule is Cc1cc2c3c4c(cccc14)C(C)(C)c1cc(N(C4=CC=CCC4)c4ccc(N(c5ccccc5)C5C=CC=CC5)cc4)cc(c1-3)C2(C)C. The average Bonchev–Trinajstić information content (AvgIpc) is 3.35. The van der Waals surface area contributed by atoms with E-state index in [0.717, 1.165) is 19.3 Å². The molecule has 0 amide bonds. The van der Waals surface area contributed by atoms with E-state index in [2.05, 4.69) is 178 Å². The summed E-state index contributed by atoms with van der Waals surface area (Å²) in [6.45, 7) is 12.0. The fourth-order valence-electron chi connectivity index (χ4n) is 9.12. The highest BCUT2D eigenvalue weighted by atomic mass is 15.2. The highest BCUT2D eigenvalue weighted by Crippen LogP contribution is 2.61. The van der Waals surface area contributed by atoms with Crippen LogP contribution in [-0.2, 0) is 10.8 Å². The molecule has 1 atom stereocenters. The Morgan fingerprint density at radius 3 is 2.00 bits per heavy atom. The monoisotopic (exact) mass is 636 g/mol. The average molecular weight is 637 g/mol. The minimum Gasteiger partial charge on any atom is -0.334 e. The van der Waals surface area contributed by atoms with Crippen molar-refractivity contribution in [2.24, 2.45) is 0 Å². The van der Waals surface area contributed by atoms with Crippen LogP contribution in [0, 0.1) is 6.92 Å². The molecule has 9 rings (SSSR count). The Morgan fingerprint density at radius 2 is 1.31 bits per heavy atom. The number of anilines is 4. The maximum Gasteiger partial charge on any atom is 0.0559 e. The second-order valence-corrected chi connectivity index (χ2v) is 15.3. The number of aryl methyl sites for hydroxylation is 1. The van der Waals surface area contributed by atoms with Crippen molar-refractivity contribution < 1.29 is 0 Å². The zero-order valence-electron chi connectivity index (χ0n) is 29.3. The molecule has 0 heterocycles. The largest absolute Gasteiger partial charge is 0.334 e. The second-order valence-electron chi connectivity index (χ2n) is 15.3. The Bertz CT molecular complexity index is 2260. The van der Waals surface area contributed by atoms with Gasteiger partial charge in [0.25, 0.3) is 0 Å². The molecule has 2 nitrogen and oxygen atoms in total. The Morgan fingerprint density at radius 1 is 0.612 bits per heavy atom. The Kier molecular flexibility index (Phi) is 6.72. The zero-order valence-corrected chi connectivity index (χ0v) is 29.3. The Balaban J connectivity index is 1.22. The first-order valence-corrected chi connectivity index (χ1v) is 18.0. The van der Waals surface area contributed by atoms with Gasteiger partial charge in [0.2, 0.25) is 0 Å². The lowest BCUT2D eigenvalue weighted by Crippen LogP contribution is -2.29. The molecule has 0 aromatic heterocycles. The molecular weight excluding hydrogens is 593 g/mol. The highest BCUT2D eigenvalue weighted by molar-refractivity contribution is 6.09. The van der Waals surface area contributed by atoms with E-state index in [9.17, 15) is 0 Å². The number of allylic oxidation sites excluding steroid dienone is 6. The van der Waals surface area contributed by atoms with Gasteiger partial charge in [-0.05, 0) is 131 Å². The van der Waals surface area contributed by atoms with Crippen molar-refractivity contribution in [1.82, 2.24) is 0 Å². The van der Waals surface area contributed by atoms with Gasteiger partial charge in [-0.25, -0.2) is 0 Å². The second kappa shape index (κ2) is 11.0. The van der Waals surface area contributed by atoms with Crippen molar-refractivity contribution in [3.63, 3.8) is 0 Å². The zero-order chi connectivity index (χ0) is 33.5. The fraction of sp³-hybridized carbons (Fsp3) is 0.234. The predicted molar refractivity (Wildman–Crippen MR) is 209 cm³/mol. The molecule has 0 spiro atoms. The number of hydrogen-bond donors (Lipinski definition) is 0. The lowest BCUT2D eigenvalue weighted by Gasteiger charge is -2.37. The van der Waals surface area contributed by atoms with Gasteiger partial charge in [0.15, 0.2) is 0 Å². The molecule has 0 aliphatic heterocycles. The summed E-state index contributed by atoms with van der Waals surface area (Å²) in [4.78, 5) is 5.01. The minimum atomic E-state index is -0.132. The number of hydrogen-bond acceptors (Lipinski definition) is 2. The van der Waals surface area contributed by atoms with Crippen LogP contribution in [0.3, 0.4) is 0 Å². The van der Waals surface area contributed by atoms with Crippen molar-refractivity contribution in [2.75, 3.05) is 9.80 Å². The normalized spacial score (nSPS) is 18.9. The van der Waals surface area contributed by atoms with Crippen molar-refractivity contribution in [2.45, 2.75) is 70.8 Å². The molecule has 0 saturated carbocycles. The van der Waals surface area contributed by atoms with E-state index in [1.165, 1.54) is 78.2 Å². The number of para-hydroxylation sites is 1. The summed E-state index contributed by atoms with van der Waals surface area (Å²) in [5, 5.41) is 2.86. The molecule has 0 bridgehead atoms. The van der Waals surface area contributed by atoms with Gasteiger partial charge < -0.3 is 9.80 Å². The molecule has 5 aromatic carbocycles. The van der Waals surface area contributed by atoms with Gasteiger partial charge in [-0.1, -0.05) is 107 Å². The summed E-state index contributed by atoms with van der Waals surface area (Å²) in [5.41, 5.74) is 16.1. The van der Waals surface area contributed by atoms with Gasteiger partial charge in [-0.2, -0.15) is 0 Å². The third-order valence-corrected chi connectivity index (χ3v) is 11.7. The van der Waals surface area contributed by atoms with E-state index >= 15 is 0 Å². The summed E-state index contributed by atoms with van der Waals surface area (Å²) in [6.07, 6.45) is 18.8. The molecule has 5 aromatic rings. The van der Waals surface area contributed by atoms with E-state index in [1.807, 2.05) is 0 Å². The van der Waals surface area contributed by atoms with Crippen LogP contribution < -0.4 is 9.80 Å².